The third-order valence-corrected chi connectivity index (χ3v) is 4.00. The van der Waals surface area contributed by atoms with Gasteiger partial charge in [0.05, 0.1) is 17.3 Å². The number of hydrogen-bond donors (Lipinski definition) is 1. The third-order valence-electron chi connectivity index (χ3n) is 3.68. The highest BCUT2D eigenvalue weighted by Gasteiger charge is 2.18. The molecule has 20 heavy (non-hydrogen) atoms. The molecule has 110 valence electrons. The van der Waals surface area contributed by atoms with Crippen LogP contribution in [0.4, 0.5) is 5.69 Å². The first kappa shape index (κ1) is 15.3. The lowest BCUT2D eigenvalue weighted by Crippen LogP contribution is -2.48. The topological polar surface area (TPSA) is 35.6 Å². The van der Waals surface area contributed by atoms with Crippen molar-refractivity contribution >= 4 is 23.2 Å². The van der Waals surface area contributed by atoms with Gasteiger partial charge in [-0.3, -0.25) is 9.69 Å². The largest absolute Gasteiger partial charge is 0.324 e. The Morgan fingerprint density at radius 3 is 2.55 bits per heavy atom. The van der Waals surface area contributed by atoms with Crippen LogP contribution in [-0.2, 0) is 4.79 Å². The van der Waals surface area contributed by atoms with E-state index in [1.807, 2.05) is 25.1 Å². The van der Waals surface area contributed by atoms with E-state index in [1.165, 1.54) is 0 Å². The van der Waals surface area contributed by atoms with Crippen LogP contribution in [0.5, 0.6) is 0 Å². The molecule has 1 heterocycles. The molecular weight excluding hydrogens is 274 g/mol. The number of nitrogens with one attached hydrogen (secondary N) is 1. The van der Waals surface area contributed by atoms with Gasteiger partial charge in [-0.1, -0.05) is 24.6 Å². The van der Waals surface area contributed by atoms with Crippen LogP contribution in [0.3, 0.4) is 0 Å². The molecule has 0 atom stereocenters. The smallest absolute Gasteiger partial charge is 0.238 e. The second-order valence-electron chi connectivity index (χ2n) is 5.24. The number of rotatable bonds is 4. The van der Waals surface area contributed by atoms with Crippen LogP contribution in [0.15, 0.2) is 18.2 Å². The molecule has 0 aromatic heterocycles. The highest BCUT2D eigenvalue weighted by molar-refractivity contribution is 6.33. The van der Waals surface area contributed by atoms with Crippen molar-refractivity contribution in [2.45, 2.75) is 13.8 Å². The predicted molar refractivity (Wildman–Crippen MR) is 83.4 cm³/mol. The molecule has 0 radical (unpaired) electrons. The summed E-state index contributed by atoms with van der Waals surface area (Å²) in [5.41, 5.74) is 1.78. The van der Waals surface area contributed by atoms with Crippen LogP contribution >= 0.6 is 11.6 Å². The van der Waals surface area contributed by atoms with Crippen molar-refractivity contribution in [2.24, 2.45) is 0 Å². The highest BCUT2D eigenvalue weighted by atomic mass is 35.5. The molecule has 1 saturated heterocycles. The minimum Gasteiger partial charge on any atom is -0.324 e. The monoisotopic (exact) mass is 295 g/mol. The summed E-state index contributed by atoms with van der Waals surface area (Å²) in [5.74, 6) is 0.00227. The molecule has 0 saturated carbocycles. The van der Waals surface area contributed by atoms with Crippen molar-refractivity contribution in [3.05, 3.63) is 28.8 Å². The van der Waals surface area contributed by atoms with E-state index in [0.717, 1.165) is 38.3 Å². The molecule has 4 nitrogen and oxygen atoms in total. The number of anilines is 1. The number of benzene rings is 1. The number of amides is 1. The Balaban J connectivity index is 1.85. The van der Waals surface area contributed by atoms with E-state index in [-0.39, 0.29) is 5.91 Å². The van der Waals surface area contributed by atoms with Gasteiger partial charge in [-0.05, 0) is 31.2 Å². The zero-order valence-corrected chi connectivity index (χ0v) is 12.9. The van der Waals surface area contributed by atoms with E-state index in [1.54, 1.807) is 0 Å². The maximum Gasteiger partial charge on any atom is 0.238 e. The van der Waals surface area contributed by atoms with Gasteiger partial charge in [0.25, 0.3) is 0 Å². The van der Waals surface area contributed by atoms with Crippen LogP contribution in [0.1, 0.15) is 12.5 Å². The number of halogens is 1. The minimum absolute atomic E-state index is 0.00227. The molecule has 1 aliphatic rings. The fraction of sp³-hybridized carbons (Fsp3) is 0.533. The maximum atomic E-state index is 12.1. The van der Waals surface area contributed by atoms with Gasteiger partial charge in [-0.2, -0.15) is 0 Å². The molecule has 1 amide bonds. The van der Waals surface area contributed by atoms with Crippen molar-refractivity contribution in [3.63, 3.8) is 0 Å². The summed E-state index contributed by atoms with van der Waals surface area (Å²) in [7, 11) is 0. The zero-order chi connectivity index (χ0) is 14.5. The standard InChI is InChI=1S/C15H22ClN3O/c1-3-18-6-8-19(9-7-18)11-15(20)17-14-10-12(2)4-5-13(14)16/h4-5,10H,3,6-9,11H2,1-2H3,(H,17,20). The Kier molecular flexibility index (Phi) is 5.40. The maximum absolute atomic E-state index is 12.1. The van der Waals surface area contributed by atoms with Gasteiger partial charge < -0.3 is 10.2 Å². The Bertz CT molecular complexity index is 470. The highest BCUT2D eigenvalue weighted by Crippen LogP contribution is 2.22. The summed E-state index contributed by atoms with van der Waals surface area (Å²) in [5, 5.41) is 3.48. The lowest BCUT2D eigenvalue weighted by molar-refractivity contribution is -0.117. The minimum atomic E-state index is 0.00227. The van der Waals surface area contributed by atoms with Crippen molar-refractivity contribution in [3.8, 4) is 0 Å². The van der Waals surface area contributed by atoms with Gasteiger partial charge in [0, 0.05) is 26.2 Å². The normalized spacial score (nSPS) is 17.1. The Morgan fingerprint density at radius 2 is 1.90 bits per heavy atom. The Labute approximate surface area is 125 Å². The van der Waals surface area contributed by atoms with Gasteiger partial charge in [0.1, 0.15) is 0 Å². The predicted octanol–water partition coefficient (Wildman–Crippen LogP) is 2.22. The number of carbonyl (C=O) groups excluding carboxylic acids is 1. The first-order valence-electron chi connectivity index (χ1n) is 7.09. The number of aryl methyl sites for hydroxylation is 1. The summed E-state index contributed by atoms with van der Waals surface area (Å²) < 4.78 is 0. The van der Waals surface area contributed by atoms with Crippen LogP contribution in [0, 0.1) is 6.92 Å². The van der Waals surface area contributed by atoms with Crippen molar-refractivity contribution in [1.29, 1.82) is 0 Å². The number of carbonyl (C=O) groups is 1. The molecular formula is C15H22ClN3O. The molecule has 1 fully saturated rings. The van der Waals surface area contributed by atoms with Gasteiger partial charge in [-0.25, -0.2) is 0 Å². The quantitative estimate of drug-likeness (QED) is 0.925. The Morgan fingerprint density at radius 1 is 1.25 bits per heavy atom. The van der Waals surface area contributed by atoms with Gasteiger partial charge in [-0.15, -0.1) is 0 Å². The van der Waals surface area contributed by atoms with Gasteiger partial charge in [0.15, 0.2) is 0 Å². The van der Waals surface area contributed by atoms with E-state index in [0.29, 0.717) is 17.3 Å². The van der Waals surface area contributed by atoms with Gasteiger partial charge in [0.2, 0.25) is 5.91 Å². The zero-order valence-electron chi connectivity index (χ0n) is 12.2. The number of likely N-dealkylation sites (N-methyl/N-ethyl adjacent to an activating group) is 1. The van der Waals surface area contributed by atoms with Crippen LogP contribution in [-0.4, -0.2) is 55.0 Å². The van der Waals surface area contributed by atoms with E-state index >= 15 is 0 Å². The van der Waals surface area contributed by atoms with Crippen molar-refractivity contribution < 1.29 is 4.79 Å². The van der Waals surface area contributed by atoms with Crippen LogP contribution < -0.4 is 5.32 Å². The van der Waals surface area contributed by atoms with Crippen LogP contribution in [0.25, 0.3) is 0 Å². The van der Waals surface area contributed by atoms with E-state index in [9.17, 15) is 4.79 Å². The summed E-state index contributed by atoms with van der Waals surface area (Å²) in [6.07, 6.45) is 0. The number of piperazine rings is 1. The molecule has 0 aliphatic carbocycles. The third kappa shape index (κ3) is 4.20. The van der Waals surface area contributed by atoms with E-state index in [2.05, 4.69) is 22.0 Å². The van der Waals surface area contributed by atoms with Crippen LogP contribution in [0.2, 0.25) is 5.02 Å². The molecule has 1 aromatic carbocycles. The summed E-state index contributed by atoms with van der Waals surface area (Å²) >= 11 is 6.09. The SMILES string of the molecule is CCN1CCN(CC(=O)Nc2cc(C)ccc2Cl)CC1. The summed E-state index contributed by atoms with van der Waals surface area (Å²) in [6, 6.07) is 5.64. The summed E-state index contributed by atoms with van der Waals surface area (Å²) in [6.45, 7) is 9.63. The molecule has 0 spiro atoms. The molecule has 0 unspecified atom stereocenters. The van der Waals surface area contributed by atoms with E-state index < -0.39 is 0 Å². The fourth-order valence-corrected chi connectivity index (χ4v) is 2.56. The molecule has 1 aromatic rings. The molecule has 1 N–H and O–H groups in total. The Hall–Kier alpha value is -1.10. The molecule has 0 bridgehead atoms. The second kappa shape index (κ2) is 7.07. The first-order valence-corrected chi connectivity index (χ1v) is 7.47. The fourth-order valence-electron chi connectivity index (χ4n) is 2.39. The molecule has 5 heteroatoms. The average molecular weight is 296 g/mol. The lowest BCUT2D eigenvalue weighted by atomic mass is 10.2. The summed E-state index contributed by atoms with van der Waals surface area (Å²) in [4.78, 5) is 16.7. The van der Waals surface area contributed by atoms with Gasteiger partial charge >= 0.3 is 0 Å². The van der Waals surface area contributed by atoms with E-state index in [4.69, 9.17) is 11.6 Å². The number of hydrogen-bond acceptors (Lipinski definition) is 3. The molecule has 1 aliphatic heterocycles. The number of nitrogens with zero attached hydrogens (tertiary/aromatic N) is 2. The average Bonchev–Trinajstić information content (AvgIpc) is 2.43. The van der Waals surface area contributed by atoms with Crippen molar-refractivity contribution in [1.82, 2.24) is 9.80 Å². The second-order valence-corrected chi connectivity index (χ2v) is 5.65. The first-order chi connectivity index (χ1) is 9.58. The molecule has 2 rings (SSSR count). The van der Waals surface area contributed by atoms with Crippen molar-refractivity contribution in [2.75, 3.05) is 44.6 Å². The lowest BCUT2D eigenvalue weighted by Gasteiger charge is -2.33.